The normalized spacial score (nSPS) is 9.33. The molecule has 1 aromatic carbocycles. The van der Waals surface area contributed by atoms with E-state index in [9.17, 15) is 4.79 Å². The molecule has 1 amide bonds. The lowest BCUT2D eigenvalue weighted by Gasteiger charge is -2.05. The predicted molar refractivity (Wildman–Crippen MR) is 56.8 cm³/mol. The second-order valence-electron chi connectivity index (χ2n) is 2.89. The Hall–Kier alpha value is -2.24. The number of rotatable bonds is 3. The number of hydrogen-bond donors (Lipinski definition) is 5. The Morgan fingerprint density at radius 3 is 2.47 bits per heavy atom. The van der Waals surface area contributed by atoms with Crippen LogP contribution in [0.5, 0.6) is 0 Å². The Labute approximate surface area is 86.6 Å². The van der Waals surface area contributed by atoms with E-state index >= 15 is 0 Å². The molecule has 0 heterocycles. The zero-order valence-electron chi connectivity index (χ0n) is 7.95. The summed E-state index contributed by atoms with van der Waals surface area (Å²) >= 11 is 0. The van der Waals surface area contributed by atoms with Gasteiger partial charge in [0.25, 0.3) is 0 Å². The summed E-state index contributed by atoms with van der Waals surface area (Å²) in [7, 11) is 0. The largest absolute Gasteiger partial charge is 0.465 e. The molecule has 6 heteroatoms. The lowest BCUT2D eigenvalue weighted by atomic mass is 10.2. The molecule has 0 radical (unpaired) electrons. The summed E-state index contributed by atoms with van der Waals surface area (Å²) < 4.78 is 0. The minimum Gasteiger partial charge on any atom is -0.465 e. The summed E-state index contributed by atoms with van der Waals surface area (Å²) in [6.07, 6.45) is -1.05. The van der Waals surface area contributed by atoms with Crippen molar-refractivity contribution in [3.05, 3.63) is 29.8 Å². The number of guanidine groups is 1. The van der Waals surface area contributed by atoms with Crippen LogP contribution in [-0.2, 0) is 6.54 Å². The molecule has 6 nitrogen and oxygen atoms in total. The molecule has 0 aliphatic carbocycles. The molecule has 0 bridgehead atoms. The van der Waals surface area contributed by atoms with E-state index in [2.05, 4.69) is 10.6 Å². The van der Waals surface area contributed by atoms with Gasteiger partial charge in [0.1, 0.15) is 0 Å². The molecule has 0 atom stereocenters. The van der Waals surface area contributed by atoms with Crippen molar-refractivity contribution in [2.75, 3.05) is 5.32 Å². The van der Waals surface area contributed by atoms with Gasteiger partial charge in [-0.15, -0.1) is 0 Å². The van der Waals surface area contributed by atoms with Gasteiger partial charge in [-0.2, -0.15) is 0 Å². The molecule has 6 N–H and O–H groups in total. The predicted octanol–water partition coefficient (Wildman–Crippen LogP) is 0.760. The molecule has 0 aromatic heterocycles. The molecule has 0 saturated carbocycles. The second kappa shape index (κ2) is 4.85. The Bertz CT molecular complexity index is 361. The number of hydrogen-bond acceptors (Lipinski definition) is 2. The third kappa shape index (κ3) is 3.99. The van der Waals surface area contributed by atoms with Gasteiger partial charge in [0, 0.05) is 12.2 Å². The van der Waals surface area contributed by atoms with Crippen molar-refractivity contribution in [1.82, 2.24) is 5.32 Å². The van der Waals surface area contributed by atoms with Gasteiger partial charge in [-0.05, 0) is 17.7 Å². The lowest BCUT2D eigenvalue weighted by molar-refractivity contribution is 0.194. The molecular weight excluding hydrogens is 196 g/mol. The molecule has 0 aliphatic rings. The van der Waals surface area contributed by atoms with E-state index in [-0.39, 0.29) is 12.5 Å². The van der Waals surface area contributed by atoms with Crippen molar-refractivity contribution in [3.63, 3.8) is 0 Å². The summed E-state index contributed by atoms with van der Waals surface area (Å²) in [4.78, 5) is 10.2. The van der Waals surface area contributed by atoms with E-state index in [1.165, 1.54) is 0 Å². The maximum absolute atomic E-state index is 10.2. The third-order valence-electron chi connectivity index (χ3n) is 1.68. The monoisotopic (exact) mass is 208 g/mol. The van der Waals surface area contributed by atoms with Crippen molar-refractivity contribution in [1.29, 1.82) is 5.41 Å². The van der Waals surface area contributed by atoms with E-state index in [1.54, 1.807) is 24.3 Å². The Balaban J connectivity index is 2.56. The van der Waals surface area contributed by atoms with Crippen LogP contribution >= 0.6 is 0 Å². The van der Waals surface area contributed by atoms with Crippen LogP contribution in [0, 0.1) is 5.41 Å². The lowest BCUT2D eigenvalue weighted by Crippen LogP contribution is -2.21. The smallest absolute Gasteiger partial charge is 0.404 e. The van der Waals surface area contributed by atoms with Gasteiger partial charge >= 0.3 is 6.09 Å². The summed E-state index contributed by atoms with van der Waals surface area (Å²) in [5, 5.41) is 20.3. The molecule has 0 saturated heterocycles. The Kier molecular flexibility index (Phi) is 3.50. The fourth-order valence-corrected chi connectivity index (χ4v) is 1.04. The van der Waals surface area contributed by atoms with Crippen molar-refractivity contribution < 1.29 is 9.90 Å². The molecule has 1 aromatic rings. The van der Waals surface area contributed by atoms with E-state index in [0.717, 1.165) is 5.56 Å². The number of nitrogens with two attached hydrogens (primary N) is 1. The summed E-state index contributed by atoms with van der Waals surface area (Å²) in [5.41, 5.74) is 6.68. The van der Waals surface area contributed by atoms with Crippen molar-refractivity contribution >= 4 is 17.7 Å². The maximum atomic E-state index is 10.2. The van der Waals surface area contributed by atoms with E-state index < -0.39 is 6.09 Å². The maximum Gasteiger partial charge on any atom is 0.404 e. The van der Waals surface area contributed by atoms with Crippen LogP contribution in [0.25, 0.3) is 0 Å². The third-order valence-corrected chi connectivity index (χ3v) is 1.68. The topological polar surface area (TPSA) is 111 Å². The van der Waals surface area contributed by atoms with Crippen LogP contribution in [0.15, 0.2) is 24.3 Å². The quantitative estimate of drug-likeness (QED) is 0.373. The summed E-state index contributed by atoms with van der Waals surface area (Å²) in [6, 6.07) is 6.95. The van der Waals surface area contributed by atoms with Gasteiger partial charge in [-0.25, -0.2) is 4.79 Å². The average Bonchev–Trinajstić information content (AvgIpc) is 2.16. The molecule has 15 heavy (non-hydrogen) atoms. The highest BCUT2D eigenvalue weighted by Crippen LogP contribution is 2.08. The van der Waals surface area contributed by atoms with E-state index in [4.69, 9.17) is 16.2 Å². The van der Waals surface area contributed by atoms with Crippen LogP contribution in [0.3, 0.4) is 0 Å². The van der Waals surface area contributed by atoms with Crippen molar-refractivity contribution in [2.45, 2.75) is 6.54 Å². The zero-order valence-corrected chi connectivity index (χ0v) is 7.95. The standard InChI is InChI=1S/C9H12N4O2/c10-8(11)13-7-3-1-6(2-4-7)5-12-9(14)15/h1-4,12H,5H2,(H,14,15)(H4,10,11,13). The van der Waals surface area contributed by atoms with Crippen molar-refractivity contribution in [3.8, 4) is 0 Å². The number of carbonyl (C=O) groups is 1. The summed E-state index contributed by atoms with van der Waals surface area (Å²) in [5.74, 6) is -0.133. The molecule has 0 fully saturated rings. The van der Waals surface area contributed by atoms with Gasteiger partial charge in [-0.1, -0.05) is 12.1 Å². The van der Waals surface area contributed by atoms with Gasteiger partial charge < -0.3 is 21.5 Å². The number of anilines is 1. The van der Waals surface area contributed by atoms with Crippen LogP contribution < -0.4 is 16.4 Å². The van der Waals surface area contributed by atoms with Crippen molar-refractivity contribution in [2.24, 2.45) is 5.73 Å². The highest BCUT2D eigenvalue weighted by molar-refractivity contribution is 5.89. The van der Waals surface area contributed by atoms with E-state index in [0.29, 0.717) is 5.69 Å². The molecule has 0 spiro atoms. The van der Waals surface area contributed by atoms with Gasteiger partial charge in [0.05, 0.1) is 0 Å². The molecular formula is C9H12N4O2. The molecule has 80 valence electrons. The number of amides is 1. The zero-order chi connectivity index (χ0) is 11.3. The van der Waals surface area contributed by atoms with Gasteiger partial charge in [0.2, 0.25) is 0 Å². The minimum absolute atomic E-state index is 0.133. The van der Waals surface area contributed by atoms with Gasteiger partial charge in [-0.3, -0.25) is 5.41 Å². The first-order valence-electron chi connectivity index (χ1n) is 4.24. The van der Waals surface area contributed by atoms with E-state index in [1.807, 2.05) is 0 Å². The molecule has 1 rings (SSSR count). The highest BCUT2D eigenvalue weighted by Gasteiger charge is 1.97. The molecule has 0 unspecified atom stereocenters. The van der Waals surface area contributed by atoms with Crippen LogP contribution in [0.4, 0.5) is 10.5 Å². The summed E-state index contributed by atoms with van der Waals surface area (Å²) in [6.45, 7) is 0.260. The van der Waals surface area contributed by atoms with Crippen LogP contribution in [0.2, 0.25) is 0 Å². The Morgan fingerprint density at radius 2 is 2.00 bits per heavy atom. The minimum atomic E-state index is -1.05. The number of benzene rings is 1. The van der Waals surface area contributed by atoms with Crippen LogP contribution in [-0.4, -0.2) is 17.2 Å². The first-order chi connectivity index (χ1) is 7.08. The highest BCUT2D eigenvalue weighted by atomic mass is 16.4. The first-order valence-corrected chi connectivity index (χ1v) is 4.24. The first kappa shape index (κ1) is 10.8. The number of nitrogens with one attached hydrogen (secondary N) is 3. The fraction of sp³-hybridized carbons (Fsp3) is 0.111. The SMILES string of the molecule is N=C(N)Nc1ccc(CNC(=O)O)cc1. The molecule has 0 aliphatic heterocycles. The average molecular weight is 208 g/mol. The number of carboxylic acid groups (broad SMARTS) is 1. The Morgan fingerprint density at radius 1 is 1.40 bits per heavy atom. The van der Waals surface area contributed by atoms with Crippen LogP contribution in [0.1, 0.15) is 5.56 Å². The second-order valence-corrected chi connectivity index (χ2v) is 2.89. The fourth-order valence-electron chi connectivity index (χ4n) is 1.04. The van der Waals surface area contributed by atoms with Gasteiger partial charge in [0.15, 0.2) is 5.96 Å².